The molecule has 0 aromatic carbocycles. The van der Waals surface area contributed by atoms with Gasteiger partial charge in [0.05, 0.1) is 13.7 Å². The zero-order valence-electron chi connectivity index (χ0n) is 12.5. The fourth-order valence-electron chi connectivity index (χ4n) is 2.56. The first-order valence-corrected chi connectivity index (χ1v) is 7.23. The summed E-state index contributed by atoms with van der Waals surface area (Å²) in [5.41, 5.74) is 0. The van der Waals surface area contributed by atoms with Crippen molar-refractivity contribution >= 4 is 5.97 Å². The van der Waals surface area contributed by atoms with Crippen molar-refractivity contribution in [3.05, 3.63) is 11.7 Å². The summed E-state index contributed by atoms with van der Waals surface area (Å²) in [7, 11) is 1.43. The van der Waals surface area contributed by atoms with Crippen molar-refractivity contribution in [1.29, 1.82) is 0 Å². The molecule has 1 aromatic heterocycles. The van der Waals surface area contributed by atoms with Gasteiger partial charge in [0.15, 0.2) is 5.82 Å². The molecule has 0 amide bonds. The minimum absolute atomic E-state index is 0.174. The molecule has 6 nitrogen and oxygen atoms in total. The van der Waals surface area contributed by atoms with E-state index in [1.807, 2.05) is 0 Å². The minimum atomic E-state index is -0.186. The van der Waals surface area contributed by atoms with Crippen LogP contribution in [0.25, 0.3) is 0 Å². The fraction of sp³-hybridized carbons (Fsp3) is 0.786. The van der Waals surface area contributed by atoms with Gasteiger partial charge in [-0.2, -0.15) is 4.98 Å². The molecule has 1 aromatic rings. The molecule has 1 aliphatic rings. The number of esters is 1. The summed E-state index contributed by atoms with van der Waals surface area (Å²) in [6, 6.07) is -0.186. The third-order valence-electron chi connectivity index (χ3n) is 3.53. The molecular weight excluding hydrogens is 258 g/mol. The fourth-order valence-corrected chi connectivity index (χ4v) is 2.56. The Morgan fingerprint density at radius 1 is 1.50 bits per heavy atom. The van der Waals surface area contributed by atoms with Crippen LogP contribution in [0.2, 0.25) is 0 Å². The van der Waals surface area contributed by atoms with Gasteiger partial charge < -0.3 is 9.26 Å². The lowest BCUT2D eigenvalue weighted by atomic mass is 10.0. The smallest absolute Gasteiger partial charge is 0.323 e. The average Bonchev–Trinajstić information content (AvgIpc) is 2.85. The van der Waals surface area contributed by atoms with Gasteiger partial charge >= 0.3 is 5.97 Å². The normalized spacial score (nSPS) is 20.3. The number of hydrogen-bond acceptors (Lipinski definition) is 6. The molecule has 6 heteroatoms. The summed E-state index contributed by atoms with van der Waals surface area (Å²) < 4.78 is 10.1. The van der Waals surface area contributed by atoms with Gasteiger partial charge in [-0.15, -0.1) is 0 Å². The number of nitrogens with zero attached hydrogens (tertiary/aromatic N) is 3. The van der Waals surface area contributed by atoms with Crippen LogP contribution in [0.4, 0.5) is 0 Å². The zero-order chi connectivity index (χ0) is 14.5. The maximum atomic E-state index is 11.8. The highest BCUT2D eigenvalue weighted by Crippen LogP contribution is 2.20. The molecular formula is C14H23N3O3. The molecule has 1 fully saturated rings. The highest BCUT2D eigenvalue weighted by molar-refractivity contribution is 5.75. The summed E-state index contributed by atoms with van der Waals surface area (Å²) in [5.74, 6) is 1.64. The summed E-state index contributed by atoms with van der Waals surface area (Å²) in [6.07, 6.45) is 3.78. The highest BCUT2D eigenvalue weighted by atomic mass is 16.5. The summed E-state index contributed by atoms with van der Waals surface area (Å²) in [6.45, 7) is 5.62. The van der Waals surface area contributed by atoms with Crippen molar-refractivity contribution in [2.24, 2.45) is 5.92 Å². The molecule has 0 N–H and O–H groups in total. The van der Waals surface area contributed by atoms with Crippen LogP contribution < -0.4 is 0 Å². The zero-order valence-corrected chi connectivity index (χ0v) is 12.5. The van der Waals surface area contributed by atoms with Crippen molar-refractivity contribution in [3.63, 3.8) is 0 Å². The Labute approximate surface area is 119 Å². The molecule has 0 spiro atoms. The van der Waals surface area contributed by atoms with Gasteiger partial charge in [0.2, 0.25) is 5.89 Å². The van der Waals surface area contributed by atoms with Crippen molar-refractivity contribution in [1.82, 2.24) is 15.0 Å². The molecule has 112 valence electrons. The summed E-state index contributed by atoms with van der Waals surface area (Å²) in [5, 5.41) is 3.98. The van der Waals surface area contributed by atoms with Crippen LogP contribution in [0.1, 0.15) is 44.8 Å². The first-order valence-electron chi connectivity index (χ1n) is 7.23. The Kier molecular flexibility index (Phi) is 5.11. The third kappa shape index (κ3) is 3.79. The van der Waals surface area contributed by atoms with Crippen molar-refractivity contribution in [2.75, 3.05) is 13.7 Å². The van der Waals surface area contributed by atoms with E-state index in [0.717, 1.165) is 38.1 Å². The average molecular weight is 281 g/mol. The summed E-state index contributed by atoms with van der Waals surface area (Å²) >= 11 is 0. The van der Waals surface area contributed by atoms with Gasteiger partial charge in [-0.3, -0.25) is 9.69 Å². The lowest BCUT2D eigenvalue weighted by Crippen LogP contribution is -2.44. The second-order valence-corrected chi connectivity index (χ2v) is 5.71. The van der Waals surface area contributed by atoms with Crippen LogP contribution in [-0.4, -0.2) is 40.7 Å². The van der Waals surface area contributed by atoms with Crippen LogP contribution in [0.15, 0.2) is 4.52 Å². The number of methoxy groups -OCH3 is 1. The molecule has 2 rings (SSSR count). The number of aromatic nitrogens is 2. The van der Waals surface area contributed by atoms with Gasteiger partial charge in [-0.1, -0.05) is 25.4 Å². The molecule has 1 aliphatic heterocycles. The van der Waals surface area contributed by atoms with E-state index in [2.05, 4.69) is 28.9 Å². The minimum Gasteiger partial charge on any atom is -0.468 e. The molecule has 0 saturated carbocycles. The topological polar surface area (TPSA) is 68.5 Å². The van der Waals surface area contributed by atoms with Crippen LogP contribution in [-0.2, 0) is 22.5 Å². The first kappa shape index (κ1) is 15.0. The van der Waals surface area contributed by atoms with Crippen LogP contribution in [0.5, 0.6) is 0 Å². The predicted molar refractivity (Wildman–Crippen MR) is 72.9 cm³/mol. The van der Waals surface area contributed by atoms with E-state index < -0.39 is 0 Å². The number of carbonyl (C=O) groups is 1. The van der Waals surface area contributed by atoms with Gasteiger partial charge in [0, 0.05) is 6.42 Å². The van der Waals surface area contributed by atoms with E-state index in [1.54, 1.807) is 0 Å². The number of ether oxygens (including phenoxy) is 1. The maximum absolute atomic E-state index is 11.8. The van der Waals surface area contributed by atoms with Crippen LogP contribution in [0, 0.1) is 5.92 Å². The second-order valence-electron chi connectivity index (χ2n) is 5.71. The SMILES string of the molecule is COC(=O)C1CCCCN1Cc1nc(CC(C)C)no1. The van der Waals surface area contributed by atoms with Gasteiger partial charge in [-0.05, 0) is 25.3 Å². The number of piperidine rings is 1. The number of hydrogen-bond donors (Lipinski definition) is 0. The van der Waals surface area contributed by atoms with Crippen LogP contribution in [0.3, 0.4) is 0 Å². The Morgan fingerprint density at radius 2 is 2.30 bits per heavy atom. The van der Waals surface area contributed by atoms with Crippen molar-refractivity contribution in [2.45, 2.75) is 52.1 Å². The number of likely N-dealkylation sites (tertiary alicyclic amines) is 1. The van der Waals surface area contributed by atoms with E-state index in [0.29, 0.717) is 18.4 Å². The Morgan fingerprint density at radius 3 is 3.00 bits per heavy atom. The maximum Gasteiger partial charge on any atom is 0.323 e. The van der Waals surface area contributed by atoms with Gasteiger partial charge in [-0.25, -0.2) is 0 Å². The second kappa shape index (κ2) is 6.83. The molecule has 0 bridgehead atoms. The molecule has 1 atom stereocenters. The van der Waals surface area contributed by atoms with Crippen LogP contribution >= 0.6 is 0 Å². The van der Waals surface area contributed by atoms with E-state index in [9.17, 15) is 4.79 Å². The van der Waals surface area contributed by atoms with E-state index in [-0.39, 0.29) is 12.0 Å². The van der Waals surface area contributed by atoms with Gasteiger partial charge in [0.1, 0.15) is 6.04 Å². The Balaban J connectivity index is 1.99. The molecule has 1 unspecified atom stereocenters. The largest absolute Gasteiger partial charge is 0.468 e. The van der Waals surface area contributed by atoms with E-state index in [1.165, 1.54) is 7.11 Å². The standard InChI is InChI=1S/C14H23N3O3/c1-10(2)8-12-15-13(20-16-12)9-17-7-5-4-6-11(17)14(18)19-3/h10-11H,4-9H2,1-3H3. The molecule has 0 radical (unpaired) electrons. The lowest BCUT2D eigenvalue weighted by Gasteiger charge is -2.32. The van der Waals surface area contributed by atoms with E-state index >= 15 is 0 Å². The quantitative estimate of drug-likeness (QED) is 0.767. The number of rotatable bonds is 5. The van der Waals surface area contributed by atoms with Crippen molar-refractivity contribution < 1.29 is 14.1 Å². The van der Waals surface area contributed by atoms with E-state index in [4.69, 9.17) is 9.26 Å². The van der Waals surface area contributed by atoms with Crippen molar-refractivity contribution in [3.8, 4) is 0 Å². The van der Waals surface area contributed by atoms with Gasteiger partial charge in [0.25, 0.3) is 0 Å². The molecule has 2 heterocycles. The summed E-state index contributed by atoms with van der Waals surface area (Å²) in [4.78, 5) is 18.3. The molecule has 20 heavy (non-hydrogen) atoms. The highest BCUT2D eigenvalue weighted by Gasteiger charge is 2.30. The first-order chi connectivity index (χ1) is 9.60. The predicted octanol–water partition coefficient (Wildman–Crippen LogP) is 1.80. The lowest BCUT2D eigenvalue weighted by molar-refractivity contribution is -0.148. The molecule has 0 aliphatic carbocycles. The Bertz CT molecular complexity index is 445. The molecule has 1 saturated heterocycles. The number of carbonyl (C=O) groups excluding carboxylic acids is 1. The Hall–Kier alpha value is -1.43. The monoisotopic (exact) mass is 281 g/mol. The third-order valence-corrected chi connectivity index (χ3v) is 3.53.